The van der Waals surface area contributed by atoms with E-state index in [1.807, 2.05) is 13.8 Å². The van der Waals surface area contributed by atoms with Crippen LogP contribution in [0.15, 0.2) is 6.20 Å². The number of aliphatic hydroxyl groups is 1. The number of nitrogens with one attached hydrogen (secondary N) is 1. The van der Waals surface area contributed by atoms with Gasteiger partial charge in [-0.25, -0.2) is 9.97 Å². The van der Waals surface area contributed by atoms with Gasteiger partial charge >= 0.3 is 0 Å². The second-order valence-corrected chi connectivity index (χ2v) is 13.2. The molecule has 172 valence electrons. The minimum absolute atomic E-state index is 0.0493. The van der Waals surface area contributed by atoms with Crippen LogP contribution in [0.3, 0.4) is 0 Å². The van der Waals surface area contributed by atoms with Crippen LogP contribution in [0, 0.1) is 11.8 Å². The number of rotatable bonds is 4. The summed E-state index contributed by atoms with van der Waals surface area (Å²) in [6.45, 7) is 4.71. The van der Waals surface area contributed by atoms with E-state index in [1.165, 1.54) is 6.42 Å². The van der Waals surface area contributed by atoms with E-state index < -0.39 is 16.2 Å². The molecule has 1 aromatic heterocycles. The first kappa shape index (κ1) is 21.4. The first-order valence-corrected chi connectivity index (χ1v) is 13.3. The summed E-state index contributed by atoms with van der Waals surface area (Å²) in [6.07, 6.45) is 7.51. The SMILES string of the molecule is CC(C)c1nc(NC23CC4CC(CC(O)(C4)C2)C3)ncc1C(=O)N1CCS(O)(O)CC1. The van der Waals surface area contributed by atoms with Crippen molar-refractivity contribution in [3.8, 4) is 0 Å². The maximum Gasteiger partial charge on any atom is 0.257 e. The summed E-state index contributed by atoms with van der Waals surface area (Å²) in [5, 5.41) is 14.6. The molecule has 9 heteroatoms. The molecule has 1 aliphatic heterocycles. The first-order chi connectivity index (χ1) is 14.6. The molecule has 5 fully saturated rings. The molecule has 8 nitrogen and oxygen atoms in total. The molecule has 31 heavy (non-hydrogen) atoms. The van der Waals surface area contributed by atoms with Crippen LogP contribution < -0.4 is 5.32 Å². The molecule has 0 aromatic carbocycles. The van der Waals surface area contributed by atoms with Crippen molar-refractivity contribution in [1.82, 2.24) is 14.9 Å². The van der Waals surface area contributed by atoms with Gasteiger partial charge in [-0.1, -0.05) is 13.8 Å². The molecule has 1 aromatic rings. The molecule has 4 N–H and O–H groups in total. The predicted octanol–water partition coefficient (Wildman–Crippen LogP) is 3.30. The summed E-state index contributed by atoms with van der Waals surface area (Å²) in [6, 6.07) is 0. The second-order valence-electron chi connectivity index (χ2n) is 10.7. The largest absolute Gasteiger partial charge is 0.390 e. The van der Waals surface area contributed by atoms with Gasteiger partial charge in [0.2, 0.25) is 5.95 Å². The highest BCUT2D eigenvalue weighted by atomic mass is 32.3. The van der Waals surface area contributed by atoms with Gasteiger partial charge in [0, 0.05) is 24.8 Å². The molecular weight excluding hydrogens is 416 g/mol. The van der Waals surface area contributed by atoms with Gasteiger partial charge in [0.1, 0.15) is 0 Å². The lowest BCUT2D eigenvalue weighted by Crippen LogP contribution is -2.62. The van der Waals surface area contributed by atoms with Gasteiger partial charge in [-0.3, -0.25) is 13.9 Å². The Kier molecular flexibility index (Phi) is 5.04. The maximum absolute atomic E-state index is 13.1. The van der Waals surface area contributed by atoms with Gasteiger partial charge in [0.25, 0.3) is 5.91 Å². The van der Waals surface area contributed by atoms with E-state index in [4.69, 9.17) is 4.98 Å². The van der Waals surface area contributed by atoms with Gasteiger partial charge in [0.05, 0.1) is 28.4 Å². The molecule has 2 unspecified atom stereocenters. The van der Waals surface area contributed by atoms with Gasteiger partial charge in [-0.2, -0.15) is 10.6 Å². The molecule has 5 aliphatic rings. The number of hydrogen-bond donors (Lipinski definition) is 4. The molecule has 0 radical (unpaired) electrons. The lowest BCUT2D eigenvalue weighted by molar-refractivity contribution is -0.127. The van der Waals surface area contributed by atoms with E-state index >= 15 is 0 Å². The number of aromatic nitrogens is 2. The first-order valence-electron chi connectivity index (χ1n) is 11.5. The Morgan fingerprint density at radius 1 is 1.19 bits per heavy atom. The van der Waals surface area contributed by atoms with E-state index in [1.54, 1.807) is 11.1 Å². The number of hydrogen-bond acceptors (Lipinski definition) is 7. The zero-order valence-electron chi connectivity index (χ0n) is 18.4. The normalized spacial score (nSPS) is 37.2. The quantitative estimate of drug-likeness (QED) is 0.556. The van der Waals surface area contributed by atoms with Crippen LogP contribution in [0.4, 0.5) is 5.95 Å². The van der Waals surface area contributed by atoms with Crippen LogP contribution in [0.1, 0.15) is 74.3 Å². The Morgan fingerprint density at radius 3 is 2.42 bits per heavy atom. The van der Waals surface area contributed by atoms with Crippen LogP contribution in [-0.2, 0) is 0 Å². The van der Waals surface area contributed by atoms with Gasteiger partial charge < -0.3 is 15.3 Å². The van der Waals surface area contributed by atoms with Crippen LogP contribution in [0.5, 0.6) is 0 Å². The summed E-state index contributed by atoms with van der Waals surface area (Å²) in [4.78, 5) is 24.1. The molecule has 1 saturated heterocycles. The van der Waals surface area contributed by atoms with E-state index in [-0.39, 0.29) is 28.9 Å². The van der Waals surface area contributed by atoms with Crippen LogP contribution in [0.2, 0.25) is 0 Å². The fraction of sp³-hybridized carbons (Fsp3) is 0.773. The standard InChI is InChI=1S/C22H34N4O4S/c1-14(2)18-17(19(27)26-3-5-31(29,30)6-4-26)12-23-20(24-18)25-21-8-15-7-16(9-21)11-22(28,10-15)13-21/h12,14-16,28-30H,3-11,13H2,1-2H3,(H,23,24,25). The fourth-order valence-electron chi connectivity index (χ4n) is 6.76. The second kappa shape index (κ2) is 7.30. The molecule has 0 spiro atoms. The minimum Gasteiger partial charge on any atom is -0.390 e. The average Bonchev–Trinajstić information content (AvgIpc) is 2.65. The van der Waals surface area contributed by atoms with Crippen molar-refractivity contribution in [3.05, 3.63) is 17.5 Å². The van der Waals surface area contributed by atoms with E-state index in [0.717, 1.165) is 32.1 Å². The highest BCUT2D eigenvalue weighted by Gasteiger charge is 2.57. The zero-order chi connectivity index (χ0) is 22.0. The molecule has 4 saturated carbocycles. The summed E-state index contributed by atoms with van der Waals surface area (Å²) in [7, 11) is -2.55. The summed E-state index contributed by atoms with van der Waals surface area (Å²) >= 11 is 0. The molecule has 2 atom stereocenters. The third-order valence-corrected chi connectivity index (χ3v) is 9.34. The van der Waals surface area contributed by atoms with Crippen molar-refractivity contribution in [3.63, 3.8) is 0 Å². The molecule has 2 heterocycles. The zero-order valence-corrected chi connectivity index (χ0v) is 19.2. The lowest BCUT2D eigenvalue weighted by atomic mass is 9.51. The topological polar surface area (TPSA) is 119 Å². The monoisotopic (exact) mass is 450 g/mol. The van der Waals surface area contributed by atoms with Crippen molar-refractivity contribution in [2.45, 2.75) is 69.4 Å². The summed E-state index contributed by atoms with van der Waals surface area (Å²) in [5.41, 5.74) is 0.490. The van der Waals surface area contributed by atoms with Crippen molar-refractivity contribution >= 4 is 22.4 Å². The Bertz CT molecular complexity index is 868. The molecule has 4 aliphatic carbocycles. The van der Waals surface area contributed by atoms with Crippen LogP contribution >= 0.6 is 10.6 Å². The van der Waals surface area contributed by atoms with Crippen molar-refractivity contribution in [2.75, 3.05) is 29.9 Å². The molecule has 1 amide bonds. The Hall–Kier alpha value is -1.42. The van der Waals surface area contributed by atoms with Gasteiger partial charge in [-0.15, -0.1) is 0 Å². The smallest absolute Gasteiger partial charge is 0.257 e. The summed E-state index contributed by atoms with van der Waals surface area (Å²) < 4.78 is 19.7. The number of nitrogens with zero attached hydrogens (tertiary/aromatic N) is 3. The third-order valence-electron chi connectivity index (χ3n) is 7.67. The molecular formula is C22H34N4O4S. The number of carbonyl (C=O) groups excluding carboxylic acids is 1. The number of carbonyl (C=O) groups is 1. The van der Waals surface area contributed by atoms with E-state index in [0.29, 0.717) is 42.1 Å². The van der Waals surface area contributed by atoms with E-state index in [9.17, 15) is 19.0 Å². The minimum atomic E-state index is -2.55. The Balaban J connectivity index is 1.37. The number of anilines is 1. The average molecular weight is 451 g/mol. The Labute approximate surface area is 185 Å². The highest BCUT2D eigenvalue weighted by Crippen LogP contribution is 2.58. The summed E-state index contributed by atoms with van der Waals surface area (Å²) in [5.74, 6) is 2.03. The van der Waals surface area contributed by atoms with Gasteiger partial charge in [0.15, 0.2) is 0 Å². The van der Waals surface area contributed by atoms with Crippen LogP contribution in [-0.4, -0.2) is 70.7 Å². The molecule has 6 rings (SSSR count). The van der Waals surface area contributed by atoms with Crippen molar-refractivity contribution in [2.24, 2.45) is 11.8 Å². The predicted molar refractivity (Wildman–Crippen MR) is 121 cm³/mol. The van der Waals surface area contributed by atoms with Crippen molar-refractivity contribution in [1.29, 1.82) is 0 Å². The van der Waals surface area contributed by atoms with Crippen molar-refractivity contribution < 1.29 is 19.0 Å². The third kappa shape index (κ3) is 4.05. The number of amides is 1. The van der Waals surface area contributed by atoms with Crippen LogP contribution in [0.25, 0.3) is 0 Å². The Morgan fingerprint density at radius 2 is 1.84 bits per heavy atom. The highest BCUT2D eigenvalue weighted by molar-refractivity contribution is 8.24. The van der Waals surface area contributed by atoms with Gasteiger partial charge in [-0.05, 0) is 56.3 Å². The lowest BCUT2D eigenvalue weighted by Gasteiger charge is -2.60. The molecule has 4 bridgehead atoms. The maximum atomic E-state index is 13.1. The van der Waals surface area contributed by atoms with E-state index in [2.05, 4.69) is 10.3 Å². The fourth-order valence-corrected chi connectivity index (χ4v) is 7.99.